The van der Waals surface area contributed by atoms with Gasteiger partial charge in [-0.2, -0.15) is 18.3 Å². The molecule has 0 unspecified atom stereocenters. The lowest BCUT2D eigenvalue weighted by atomic mass is 9.92. The van der Waals surface area contributed by atoms with Crippen LogP contribution in [0.25, 0.3) is 88.1 Å². The van der Waals surface area contributed by atoms with E-state index in [9.17, 15) is 40.9 Å². The van der Waals surface area contributed by atoms with Gasteiger partial charge in [-0.15, -0.1) is 0 Å². The molecular weight excluding hydrogens is 1300 g/mol. The van der Waals surface area contributed by atoms with Crippen LogP contribution in [-0.4, -0.2) is 97.7 Å². The second kappa shape index (κ2) is 30.0. The molecule has 8 aromatic carbocycles. The summed E-state index contributed by atoms with van der Waals surface area (Å²) < 4.78 is 50.3. The van der Waals surface area contributed by atoms with E-state index in [0.29, 0.717) is 46.0 Å². The van der Waals surface area contributed by atoms with E-state index >= 15 is 0 Å². The van der Waals surface area contributed by atoms with Crippen LogP contribution in [0.3, 0.4) is 0 Å². The van der Waals surface area contributed by atoms with Crippen LogP contribution >= 0.6 is 0 Å². The predicted octanol–water partition coefficient (Wildman–Crippen LogP) is 13.5. The van der Waals surface area contributed by atoms with Gasteiger partial charge >= 0.3 is 0 Å². The molecule has 0 aliphatic carbocycles. The summed E-state index contributed by atoms with van der Waals surface area (Å²) >= 11 is 0. The fourth-order valence-electron chi connectivity index (χ4n) is 14.2. The van der Waals surface area contributed by atoms with Crippen molar-refractivity contribution in [3.8, 4) is 137 Å². The molecule has 4 aliphatic rings. The van der Waals surface area contributed by atoms with Gasteiger partial charge in [0.25, 0.3) is 0 Å². The second-order valence-corrected chi connectivity index (χ2v) is 24.4. The van der Waals surface area contributed by atoms with Crippen molar-refractivity contribution in [3.63, 3.8) is 0 Å². The van der Waals surface area contributed by atoms with Crippen molar-refractivity contribution in [2.45, 2.75) is 65.7 Å². The van der Waals surface area contributed by atoms with Gasteiger partial charge in [0.1, 0.15) is 0 Å². The summed E-state index contributed by atoms with van der Waals surface area (Å²) in [5.74, 6) is 4.95. The van der Waals surface area contributed by atoms with Crippen molar-refractivity contribution in [1.82, 2.24) is 0 Å². The van der Waals surface area contributed by atoms with Crippen LogP contribution in [0.1, 0.15) is 33.4 Å². The average molecular weight is 1390 g/mol. The van der Waals surface area contributed by atoms with Gasteiger partial charge in [0.15, 0.2) is 143 Å². The number of aryl methyl sites for hydroxylation is 10. The zero-order chi connectivity index (χ0) is 69.1. The minimum Gasteiger partial charge on any atom is -0.504 e. The topological polar surface area (TPSA) is 251 Å². The first kappa shape index (κ1) is 74.4. The Morgan fingerprint density at radius 3 is 0.941 bits per heavy atom. The third kappa shape index (κ3) is 12.9. The number of benzene rings is 8. The molecule has 4 aliphatic heterocycles. The molecule has 20 nitrogen and oxygen atoms in total. The van der Waals surface area contributed by atoms with Gasteiger partial charge in [-0.05, 0) is 144 Å². The molecule has 0 amide bonds. The molecular formula is C82H88N4O16. The number of hydrogen-bond donors (Lipinski definition) is 8. The van der Waals surface area contributed by atoms with Gasteiger partial charge in [0, 0.05) is 59.7 Å². The quantitative estimate of drug-likeness (QED) is 0.0520. The summed E-state index contributed by atoms with van der Waals surface area (Å²) in [6.07, 6.45) is 11.1. The van der Waals surface area contributed by atoms with Crippen LogP contribution in [0.15, 0.2) is 134 Å². The van der Waals surface area contributed by atoms with Gasteiger partial charge in [-0.25, -0.2) is 0 Å². The maximum Gasteiger partial charge on any atom is 0.216 e. The molecule has 0 atom stereocenters. The van der Waals surface area contributed by atoms with Crippen LogP contribution in [-0.2, 0) is 51.9 Å². The van der Waals surface area contributed by atoms with Gasteiger partial charge < -0.3 is 108 Å². The van der Waals surface area contributed by atoms with E-state index in [1.54, 1.807) is 105 Å². The Kier molecular flexibility index (Phi) is 21.9. The van der Waals surface area contributed by atoms with E-state index in [4.69, 9.17) is 37.9 Å². The lowest BCUT2D eigenvalue weighted by Gasteiger charge is -2.19. The zero-order valence-corrected chi connectivity index (χ0v) is 60.0. The fraction of sp³-hybridized carbons (Fsp3) is 0.220. The first-order chi connectivity index (χ1) is 47.3. The third-order valence-corrected chi connectivity index (χ3v) is 19.3. The summed E-state index contributed by atoms with van der Waals surface area (Å²) in [4.78, 5) is 0. The summed E-state index contributed by atoms with van der Waals surface area (Å²) in [6.45, 7) is 7.24. The summed E-state index contributed by atoms with van der Waals surface area (Å²) in [7, 11) is 12.4. The van der Waals surface area contributed by atoms with Gasteiger partial charge in [-0.3, -0.25) is 0 Å². The molecule has 12 aromatic rings. The van der Waals surface area contributed by atoms with Crippen molar-refractivity contribution in [2.24, 2.45) is 0 Å². The average Bonchev–Trinajstić information content (AvgIpc) is 0.756. The normalized spacial score (nSPS) is 12.1. The van der Waals surface area contributed by atoms with E-state index in [0.717, 1.165) is 173 Å². The summed E-state index contributed by atoms with van der Waals surface area (Å²) in [6, 6.07) is 33.5. The summed E-state index contributed by atoms with van der Waals surface area (Å²) in [5.41, 5.74) is 14.8. The number of aromatic hydroxyl groups is 8. The number of ether oxygens (including phenoxy) is 8. The maximum atomic E-state index is 10.5. The van der Waals surface area contributed by atoms with Crippen molar-refractivity contribution >= 4 is 43.1 Å². The Bertz CT molecular complexity index is 5250. The largest absolute Gasteiger partial charge is 0.504 e. The Labute approximate surface area is 594 Å². The molecule has 4 aromatic heterocycles. The van der Waals surface area contributed by atoms with E-state index < -0.39 is 0 Å². The minimum absolute atomic E-state index is 0. The number of phenolic OH excluding ortho intramolecular Hbond substituents is 8. The molecule has 0 radical (unpaired) electrons. The molecule has 0 saturated carbocycles. The highest BCUT2D eigenvalue weighted by molar-refractivity contribution is 5.97. The Morgan fingerprint density at radius 2 is 0.549 bits per heavy atom. The molecule has 0 fully saturated rings. The molecule has 0 bridgehead atoms. The minimum atomic E-state index is 0. The molecule has 0 saturated heterocycles. The van der Waals surface area contributed by atoms with Crippen LogP contribution in [0.4, 0.5) is 0 Å². The molecule has 8 heterocycles. The molecule has 8 N–H and O–H groups in total. The number of phenols is 8. The molecule has 16 rings (SSSR count). The van der Waals surface area contributed by atoms with E-state index in [2.05, 4.69) is 25.2 Å². The number of hydrogen-bond acceptors (Lipinski definition) is 16. The van der Waals surface area contributed by atoms with E-state index in [1.807, 2.05) is 92.4 Å². The smallest absolute Gasteiger partial charge is 0.216 e. The Hall–Kier alpha value is -11.8. The lowest BCUT2D eigenvalue weighted by Crippen LogP contribution is -2.40. The van der Waals surface area contributed by atoms with Crippen LogP contribution in [0.5, 0.6) is 92.0 Å². The second-order valence-electron chi connectivity index (χ2n) is 24.4. The highest BCUT2D eigenvalue weighted by atomic mass is 16.5. The zero-order valence-electron chi connectivity index (χ0n) is 60.0. The van der Waals surface area contributed by atoms with E-state index in [1.165, 1.54) is 0 Å². The highest BCUT2D eigenvalue weighted by Crippen LogP contribution is 2.46. The number of nitrogens with zero attached hydrogens (tertiary/aromatic N) is 4. The van der Waals surface area contributed by atoms with E-state index in [-0.39, 0.29) is 75.7 Å². The van der Waals surface area contributed by atoms with Crippen LogP contribution in [0, 0.1) is 43.6 Å². The number of fused-ring (bicyclic) bond motifs is 16. The Morgan fingerprint density at radius 1 is 0.275 bits per heavy atom. The third-order valence-electron chi connectivity index (χ3n) is 19.3. The maximum absolute atomic E-state index is 10.5. The van der Waals surface area contributed by atoms with Gasteiger partial charge in [0.2, 0.25) is 22.8 Å². The van der Waals surface area contributed by atoms with Crippen molar-refractivity contribution in [3.05, 3.63) is 197 Å². The summed E-state index contributed by atoms with van der Waals surface area (Å²) in [5, 5.41) is 89.0. The SMILES string of the molecule is COc1cc2c(cc1O)-c1c(C)c3ccc(OC)c(O)c3c[n+]1CC2.COc1cc2c(cc1O)-c1cc3ccc(OC)c(O)c3c[n+]1CC2.COc1cc2c(cc1O)CC[n+]1cc3c(O)c(OC)ccc3c(C)c1-2.COc1cc2c(cc1O)CC[n+]1cc3c(O)c(OC)ccc3cc1-2.[CH3-].[CH3-].[CH3-].[CH3-]. The van der Waals surface area contributed by atoms with Crippen molar-refractivity contribution in [2.75, 3.05) is 56.9 Å². The molecule has 20 heteroatoms. The monoisotopic (exact) mass is 1380 g/mol. The van der Waals surface area contributed by atoms with Gasteiger partial charge in [-0.1, -0.05) is 0 Å². The standard InChI is InChI=1S/2C20H19NO4.2C19H17NO4.4CH3/c1-11-13-4-5-17(24-2)20(23)15(13)10-21-7-6-12-8-18(25-3)16(22)9-14(12)19(11)21;1-11-13-4-5-17(24-2)20(23)15(13)10-21-7-6-12-8-16(22)18(25-3)9-14(12)19(11)21;1-23-17-4-3-11-7-15-13-9-16(21)18(24-2)8-12(13)5-6-20(15)10-14(11)19(17)22;1-23-17-4-3-11-7-15-13-9-18(24-2)16(21)8-12(13)5-6-20(15)10-14(11)19(17)22;;;;/h4-5,8-10,22H,6-7H2,1-3H3;4-5,8-10H,6-7H2,1-3H3,(H,22,23);3-4,7-10,21H,5-6H2,1-2H3;3-4,7-10H,5-6H2,1-2H3,(H,21,22);4*1H3/q;;;;4*-1/p+4. The first-order valence-electron chi connectivity index (χ1n) is 31.9. The first-order valence-corrected chi connectivity index (χ1v) is 31.9. The van der Waals surface area contributed by atoms with Crippen molar-refractivity contribution in [1.29, 1.82) is 0 Å². The number of methoxy groups -OCH3 is 8. The van der Waals surface area contributed by atoms with Gasteiger partial charge in [0.05, 0.1) is 101 Å². The number of rotatable bonds is 8. The molecule has 102 heavy (non-hydrogen) atoms. The fourth-order valence-corrected chi connectivity index (χ4v) is 14.2. The molecule has 0 spiro atoms. The predicted molar refractivity (Wildman–Crippen MR) is 394 cm³/mol. The number of pyridine rings is 4. The van der Waals surface area contributed by atoms with Crippen molar-refractivity contribution < 1.29 is 97.0 Å². The highest BCUT2D eigenvalue weighted by Gasteiger charge is 2.33. The van der Waals surface area contributed by atoms with Crippen LogP contribution in [0.2, 0.25) is 0 Å². The Balaban J connectivity index is 0.000000156. The van der Waals surface area contributed by atoms with Crippen LogP contribution < -0.4 is 56.2 Å². The lowest BCUT2D eigenvalue weighted by molar-refractivity contribution is -0.686. The molecule has 532 valence electrons. The number of aromatic nitrogens is 4.